The molecule has 1 aromatic carbocycles. The van der Waals surface area contributed by atoms with Gasteiger partial charge in [0.25, 0.3) is 0 Å². The molecule has 2 fully saturated rings. The van der Waals surface area contributed by atoms with Gasteiger partial charge in [-0.3, -0.25) is 4.90 Å². The first-order chi connectivity index (χ1) is 8.75. The van der Waals surface area contributed by atoms with Crippen molar-refractivity contribution < 1.29 is 0 Å². The molecule has 0 spiro atoms. The Morgan fingerprint density at radius 2 is 2.06 bits per heavy atom. The Labute approximate surface area is 118 Å². The molecule has 2 atom stereocenters. The number of benzene rings is 1. The smallest absolute Gasteiger partial charge is 0.0397 e. The molecule has 0 aromatic heterocycles. The van der Waals surface area contributed by atoms with E-state index < -0.39 is 0 Å². The van der Waals surface area contributed by atoms with Gasteiger partial charge in [0, 0.05) is 23.1 Å². The van der Waals surface area contributed by atoms with Gasteiger partial charge in [0.2, 0.25) is 0 Å². The molecule has 1 aromatic rings. The minimum absolute atomic E-state index is 0.562. The Morgan fingerprint density at radius 1 is 1.28 bits per heavy atom. The predicted molar refractivity (Wildman–Crippen MR) is 78.6 cm³/mol. The van der Waals surface area contributed by atoms with Gasteiger partial charge < -0.3 is 5.32 Å². The van der Waals surface area contributed by atoms with E-state index in [9.17, 15) is 0 Å². The van der Waals surface area contributed by atoms with Crippen LogP contribution < -0.4 is 5.32 Å². The first kappa shape index (κ1) is 12.6. The molecule has 3 rings (SSSR count). The van der Waals surface area contributed by atoms with E-state index in [1.54, 1.807) is 0 Å². The summed E-state index contributed by atoms with van der Waals surface area (Å²) in [4.78, 5) is 2.50. The first-order valence-corrected chi connectivity index (χ1v) is 7.73. The van der Waals surface area contributed by atoms with Crippen LogP contribution in [-0.2, 0) is 0 Å². The average Bonchev–Trinajstić information content (AvgIpc) is 3.12. The van der Waals surface area contributed by atoms with Crippen LogP contribution in [0.1, 0.15) is 30.9 Å². The molecule has 98 valence electrons. The summed E-state index contributed by atoms with van der Waals surface area (Å²) in [7, 11) is 2.25. The highest BCUT2D eigenvalue weighted by atomic mass is 79.9. The zero-order chi connectivity index (χ0) is 12.5. The SMILES string of the molecule is CN1CCC(CNC2CC2)C1c1ccccc1Br. The Balaban J connectivity index is 1.75. The average molecular weight is 309 g/mol. The molecule has 2 unspecified atom stereocenters. The summed E-state index contributed by atoms with van der Waals surface area (Å²) < 4.78 is 1.25. The lowest BCUT2D eigenvalue weighted by Crippen LogP contribution is -2.29. The second-order valence-electron chi connectivity index (χ2n) is 5.68. The summed E-state index contributed by atoms with van der Waals surface area (Å²) >= 11 is 3.71. The first-order valence-electron chi connectivity index (χ1n) is 6.94. The van der Waals surface area contributed by atoms with Gasteiger partial charge in [0.15, 0.2) is 0 Å². The maximum Gasteiger partial charge on any atom is 0.0397 e. The summed E-state index contributed by atoms with van der Waals surface area (Å²) in [6.07, 6.45) is 4.06. The van der Waals surface area contributed by atoms with E-state index >= 15 is 0 Å². The molecule has 0 radical (unpaired) electrons. The molecule has 1 N–H and O–H groups in total. The van der Waals surface area contributed by atoms with E-state index in [-0.39, 0.29) is 0 Å². The molecular formula is C15H21BrN2. The summed E-state index contributed by atoms with van der Waals surface area (Å²) in [6, 6.07) is 10.0. The van der Waals surface area contributed by atoms with Crippen LogP contribution in [0.2, 0.25) is 0 Å². The number of rotatable bonds is 4. The molecule has 2 aliphatic rings. The minimum Gasteiger partial charge on any atom is -0.314 e. The van der Waals surface area contributed by atoms with Crippen molar-refractivity contribution in [1.82, 2.24) is 10.2 Å². The molecule has 0 bridgehead atoms. The monoisotopic (exact) mass is 308 g/mol. The third-order valence-electron chi connectivity index (χ3n) is 4.24. The lowest BCUT2D eigenvalue weighted by atomic mass is 9.93. The zero-order valence-corrected chi connectivity index (χ0v) is 12.5. The standard InChI is InChI=1S/C15H21BrN2/c1-18-9-8-11(10-17-12-6-7-12)15(18)13-4-2-3-5-14(13)16/h2-5,11-12,15,17H,6-10H2,1H3. The normalized spacial score (nSPS) is 28.8. The lowest BCUT2D eigenvalue weighted by Gasteiger charge is -2.26. The van der Waals surface area contributed by atoms with Gasteiger partial charge in [-0.15, -0.1) is 0 Å². The second kappa shape index (κ2) is 5.32. The summed E-state index contributed by atoms with van der Waals surface area (Å²) in [5.41, 5.74) is 1.44. The van der Waals surface area contributed by atoms with E-state index in [0.29, 0.717) is 6.04 Å². The minimum atomic E-state index is 0.562. The third kappa shape index (κ3) is 2.63. The van der Waals surface area contributed by atoms with E-state index in [1.807, 2.05) is 0 Å². The van der Waals surface area contributed by atoms with Crippen LogP contribution in [0.4, 0.5) is 0 Å². The van der Waals surface area contributed by atoms with Crippen LogP contribution in [0.5, 0.6) is 0 Å². The molecule has 1 saturated heterocycles. The topological polar surface area (TPSA) is 15.3 Å². The maximum atomic E-state index is 3.71. The fraction of sp³-hybridized carbons (Fsp3) is 0.600. The molecule has 18 heavy (non-hydrogen) atoms. The predicted octanol–water partition coefficient (Wildman–Crippen LogP) is 3.19. The fourth-order valence-corrected chi connectivity index (χ4v) is 3.57. The third-order valence-corrected chi connectivity index (χ3v) is 4.97. The Hall–Kier alpha value is -0.380. The van der Waals surface area contributed by atoms with Gasteiger partial charge in [-0.2, -0.15) is 0 Å². The molecule has 1 aliphatic carbocycles. The quantitative estimate of drug-likeness (QED) is 0.919. The van der Waals surface area contributed by atoms with Crippen LogP contribution >= 0.6 is 15.9 Å². The zero-order valence-electron chi connectivity index (χ0n) is 10.9. The van der Waals surface area contributed by atoms with Crippen molar-refractivity contribution in [2.24, 2.45) is 5.92 Å². The number of hydrogen-bond donors (Lipinski definition) is 1. The van der Waals surface area contributed by atoms with Crippen LogP contribution in [0.3, 0.4) is 0 Å². The van der Waals surface area contributed by atoms with Gasteiger partial charge in [0.05, 0.1) is 0 Å². The fourth-order valence-electron chi connectivity index (χ4n) is 3.05. The van der Waals surface area contributed by atoms with Crippen molar-refractivity contribution in [3.63, 3.8) is 0 Å². The molecular weight excluding hydrogens is 288 g/mol. The number of nitrogens with zero attached hydrogens (tertiary/aromatic N) is 1. The Bertz CT molecular complexity index is 417. The summed E-state index contributed by atoms with van der Waals surface area (Å²) in [6.45, 7) is 2.38. The molecule has 0 amide bonds. The molecule has 3 heteroatoms. The van der Waals surface area contributed by atoms with Gasteiger partial charge >= 0.3 is 0 Å². The molecule has 1 aliphatic heterocycles. The van der Waals surface area contributed by atoms with E-state index in [0.717, 1.165) is 12.0 Å². The van der Waals surface area contributed by atoms with Crippen LogP contribution in [0.25, 0.3) is 0 Å². The molecule has 1 saturated carbocycles. The number of hydrogen-bond acceptors (Lipinski definition) is 2. The highest BCUT2D eigenvalue weighted by Crippen LogP contribution is 2.39. The van der Waals surface area contributed by atoms with E-state index in [4.69, 9.17) is 0 Å². The molecule has 2 nitrogen and oxygen atoms in total. The van der Waals surface area contributed by atoms with Gasteiger partial charge in [0.1, 0.15) is 0 Å². The highest BCUT2D eigenvalue weighted by molar-refractivity contribution is 9.10. The van der Waals surface area contributed by atoms with Crippen molar-refractivity contribution in [2.45, 2.75) is 31.3 Å². The van der Waals surface area contributed by atoms with E-state index in [1.165, 1.54) is 42.4 Å². The number of halogens is 1. The maximum absolute atomic E-state index is 3.71. The van der Waals surface area contributed by atoms with Crippen LogP contribution in [0.15, 0.2) is 28.7 Å². The number of nitrogens with one attached hydrogen (secondary N) is 1. The van der Waals surface area contributed by atoms with Gasteiger partial charge in [-0.05, 0) is 50.4 Å². The second-order valence-corrected chi connectivity index (χ2v) is 6.53. The Kier molecular flexibility index (Phi) is 3.73. The van der Waals surface area contributed by atoms with Crippen LogP contribution in [0, 0.1) is 5.92 Å². The van der Waals surface area contributed by atoms with E-state index in [2.05, 4.69) is 57.5 Å². The lowest BCUT2D eigenvalue weighted by molar-refractivity contribution is 0.271. The number of likely N-dealkylation sites (tertiary alicyclic amines) is 1. The largest absolute Gasteiger partial charge is 0.314 e. The summed E-state index contributed by atoms with van der Waals surface area (Å²) in [5.74, 6) is 0.745. The van der Waals surface area contributed by atoms with Gasteiger partial charge in [-0.1, -0.05) is 34.1 Å². The van der Waals surface area contributed by atoms with Gasteiger partial charge in [-0.25, -0.2) is 0 Å². The van der Waals surface area contributed by atoms with Crippen molar-refractivity contribution in [3.8, 4) is 0 Å². The van der Waals surface area contributed by atoms with Crippen molar-refractivity contribution >= 4 is 15.9 Å². The van der Waals surface area contributed by atoms with Crippen molar-refractivity contribution in [3.05, 3.63) is 34.3 Å². The van der Waals surface area contributed by atoms with Crippen molar-refractivity contribution in [1.29, 1.82) is 0 Å². The highest BCUT2D eigenvalue weighted by Gasteiger charge is 2.34. The van der Waals surface area contributed by atoms with Crippen molar-refractivity contribution in [2.75, 3.05) is 20.1 Å². The summed E-state index contributed by atoms with van der Waals surface area (Å²) in [5, 5.41) is 3.70. The Morgan fingerprint density at radius 3 is 2.78 bits per heavy atom. The van der Waals surface area contributed by atoms with Crippen LogP contribution in [-0.4, -0.2) is 31.1 Å². The molecule has 1 heterocycles.